The fourth-order valence-electron chi connectivity index (χ4n) is 3.54. The van der Waals surface area contributed by atoms with Crippen LogP contribution in [0, 0.1) is 11.6 Å². The van der Waals surface area contributed by atoms with Crippen molar-refractivity contribution in [2.45, 2.75) is 25.2 Å². The molecule has 2 heterocycles. The van der Waals surface area contributed by atoms with E-state index in [1.165, 1.54) is 24.3 Å². The molecule has 29 heavy (non-hydrogen) atoms. The molecule has 0 aromatic heterocycles. The molecule has 0 saturated carbocycles. The molecule has 0 radical (unpaired) electrons. The summed E-state index contributed by atoms with van der Waals surface area (Å²) in [6, 6.07) is 7.50. The molecule has 4 nitrogen and oxygen atoms in total. The molecule has 9 heteroatoms. The van der Waals surface area contributed by atoms with Gasteiger partial charge in [0.25, 0.3) is 5.91 Å². The van der Waals surface area contributed by atoms with Crippen molar-refractivity contribution in [3.8, 4) is 0 Å². The number of carbonyl (C=O) groups is 1. The Bertz CT molecular complexity index is 1040. The smallest absolute Gasteiger partial charge is 0.362 e. The van der Waals surface area contributed by atoms with Crippen molar-refractivity contribution in [1.82, 2.24) is 10.3 Å². The van der Waals surface area contributed by atoms with Gasteiger partial charge in [0.15, 0.2) is 0 Å². The first-order valence-corrected chi connectivity index (χ1v) is 8.64. The van der Waals surface area contributed by atoms with E-state index < -0.39 is 41.4 Å². The Labute approximate surface area is 162 Å². The molecule has 2 aliphatic heterocycles. The highest BCUT2D eigenvalue weighted by Crippen LogP contribution is 2.36. The first-order valence-electron chi connectivity index (χ1n) is 8.64. The minimum atomic E-state index is -4.47. The first kappa shape index (κ1) is 19.1. The van der Waals surface area contributed by atoms with E-state index in [0.717, 1.165) is 29.3 Å². The van der Waals surface area contributed by atoms with Crippen molar-refractivity contribution in [3.63, 3.8) is 0 Å². The highest BCUT2D eigenvalue weighted by molar-refractivity contribution is 6.01. The van der Waals surface area contributed by atoms with E-state index >= 15 is 0 Å². The van der Waals surface area contributed by atoms with E-state index in [2.05, 4.69) is 10.4 Å². The largest absolute Gasteiger partial charge is 0.416 e. The molecule has 0 spiro atoms. The molecular weight excluding hydrogens is 393 g/mol. The van der Waals surface area contributed by atoms with Crippen LogP contribution in [0.25, 0.3) is 5.70 Å². The third kappa shape index (κ3) is 3.37. The van der Waals surface area contributed by atoms with Crippen molar-refractivity contribution < 1.29 is 26.7 Å². The van der Waals surface area contributed by atoms with Crippen molar-refractivity contribution in [2.24, 2.45) is 5.10 Å². The molecule has 4 rings (SSSR count). The predicted molar refractivity (Wildman–Crippen MR) is 95.4 cm³/mol. The zero-order chi connectivity index (χ0) is 20.9. The quantitative estimate of drug-likeness (QED) is 0.757. The second kappa shape index (κ2) is 6.68. The fraction of sp³-hybridized carbons (Fsp3) is 0.200. The Balaban J connectivity index is 1.67. The van der Waals surface area contributed by atoms with Gasteiger partial charge in [0.2, 0.25) is 0 Å². The molecule has 0 aliphatic carbocycles. The minimum Gasteiger partial charge on any atom is -0.362 e. The molecule has 1 amide bonds. The number of halogens is 5. The number of hydrogen-bond acceptors (Lipinski definition) is 3. The normalized spacial score (nSPS) is 21.4. The maximum absolute atomic E-state index is 14.4. The second-order valence-electron chi connectivity index (χ2n) is 6.79. The zero-order valence-electron chi connectivity index (χ0n) is 15.0. The van der Waals surface area contributed by atoms with Crippen LogP contribution in [-0.4, -0.2) is 22.8 Å². The number of hydrogen-bond donors (Lipinski definition) is 1. The topological polar surface area (TPSA) is 44.7 Å². The number of amides is 1. The van der Waals surface area contributed by atoms with E-state index in [1.54, 1.807) is 6.92 Å². The summed E-state index contributed by atoms with van der Waals surface area (Å²) in [7, 11) is 0. The van der Waals surface area contributed by atoms with Gasteiger partial charge in [-0.05, 0) is 30.7 Å². The summed E-state index contributed by atoms with van der Waals surface area (Å²) in [5.74, 6) is -2.68. The van der Waals surface area contributed by atoms with Gasteiger partial charge in [-0.1, -0.05) is 18.2 Å². The molecule has 2 aliphatic rings. The molecule has 0 saturated heterocycles. The lowest BCUT2D eigenvalue weighted by molar-refractivity contribution is -0.137. The lowest BCUT2D eigenvalue weighted by Crippen LogP contribution is -2.49. The van der Waals surface area contributed by atoms with Gasteiger partial charge >= 0.3 is 6.18 Å². The summed E-state index contributed by atoms with van der Waals surface area (Å²) in [5, 5.41) is 8.37. The summed E-state index contributed by atoms with van der Waals surface area (Å²) in [5.41, 5.74) is 0.464. The predicted octanol–water partition coefficient (Wildman–Crippen LogP) is 4.26. The van der Waals surface area contributed by atoms with Crippen LogP contribution in [0.2, 0.25) is 0 Å². The van der Waals surface area contributed by atoms with Gasteiger partial charge in [-0.3, -0.25) is 4.79 Å². The Hall–Kier alpha value is -3.23. The molecule has 2 atom stereocenters. The number of hydrazone groups is 1. The van der Waals surface area contributed by atoms with E-state index in [-0.39, 0.29) is 5.56 Å². The SMILES string of the molecule is CC1=NN2C(=O)C=C(c3ccc(C(F)(F)F)cc3)NC2C1c1ccc(F)cc1F. The van der Waals surface area contributed by atoms with Gasteiger partial charge in [0, 0.05) is 29.1 Å². The van der Waals surface area contributed by atoms with E-state index in [0.29, 0.717) is 17.0 Å². The van der Waals surface area contributed by atoms with Crippen LogP contribution in [0.1, 0.15) is 29.5 Å². The number of alkyl halides is 3. The van der Waals surface area contributed by atoms with Gasteiger partial charge in [-0.15, -0.1) is 0 Å². The molecular formula is C20H14F5N3O. The summed E-state index contributed by atoms with van der Waals surface area (Å²) >= 11 is 0. The third-order valence-corrected chi connectivity index (χ3v) is 4.91. The molecule has 2 aromatic rings. The van der Waals surface area contributed by atoms with Crippen molar-refractivity contribution >= 4 is 17.3 Å². The average Bonchev–Trinajstić information content (AvgIpc) is 2.98. The molecule has 150 valence electrons. The summed E-state index contributed by atoms with van der Waals surface area (Å²) in [6.45, 7) is 1.62. The van der Waals surface area contributed by atoms with E-state index in [9.17, 15) is 26.7 Å². The van der Waals surface area contributed by atoms with Gasteiger partial charge in [-0.25, -0.2) is 13.8 Å². The van der Waals surface area contributed by atoms with Crippen molar-refractivity contribution in [3.05, 3.63) is 76.9 Å². The Morgan fingerprint density at radius 2 is 1.76 bits per heavy atom. The number of nitrogens with one attached hydrogen (secondary N) is 1. The maximum Gasteiger partial charge on any atom is 0.416 e. The van der Waals surface area contributed by atoms with Crippen LogP contribution in [0.15, 0.2) is 53.6 Å². The van der Waals surface area contributed by atoms with Crippen LogP contribution in [0.3, 0.4) is 0 Å². The molecule has 2 unspecified atom stereocenters. The summed E-state index contributed by atoms with van der Waals surface area (Å²) < 4.78 is 66.0. The maximum atomic E-state index is 14.4. The number of carbonyl (C=O) groups excluding carboxylic acids is 1. The molecule has 0 bridgehead atoms. The van der Waals surface area contributed by atoms with E-state index in [4.69, 9.17) is 0 Å². The third-order valence-electron chi connectivity index (χ3n) is 4.91. The number of nitrogens with zero attached hydrogens (tertiary/aromatic N) is 2. The van der Waals surface area contributed by atoms with Crippen LogP contribution >= 0.6 is 0 Å². The average molecular weight is 407 g/mol. The first-order chi connectivity index (χ1) is 13.6. The fourth-order valence-corrected chi connectivity index (χ4v) is 3.54. The number of rotatable bonds is 2. The molecule has 1 N–H and O–H groups in total. The minimum absolute atomic E-state index is 0.161. The lowest BCUT2D eigenvalue weighted by atomic mass is 9.91. The monoisotopic (exact) mass is 407 g/mol. The van der Waals surface area contributed by atoms with Crippen LogP contribution in [0.5, 0.6) is 0 Å². The summed E-state index contributed by atoms with van der Waals surface area (Å²) in [6.07, 6.45) is -4.04. The highest BCUT2D eigenvalue weighted by atomic mass is 19.4. The van der Waals surface area contributed by atoms with Crippen LogP contribution in [0.4, 0.5) is 22.0 Å². The molecule has 2 aromatic carbocycles. The number of fused-ring (bicyclic) bond motifs is 1. The van der Waals surface area contributed by atoms with Gasteiger partial charge < -0.3 is 5.32 Å². The Morgan fingerprint density at radius 1 is 1.07 bits per heavy atom. The standard InChI is InChI=1S/C20H14F5N3O/c1-10-18(14-7-6-13(21)8-15(14)22)19-26-16(9-17(29)28(19)27-10)11-2-4-12(5-3-11)20(23,24)25/h2-9,18-19,26H,1H3. The van der Waals surface area contributed by atoms with Crippen molar-refractivity contribution in [2.75, 3.05) is 0 Å². The van der Waals surface area contributed by atoms with Crippen molar-refractivity contribution in [1.29, 1.82) is 0 Å². The Morgan fingerprint density at radius 3 is 2.38 bits per heavy atom. The van der Waals surface area contributed by atoms with E-state index in [1.807, 2.05) is 0 Å². The van der Waals surface area contributed by atoms with Crippen LogP contribution < -0.4 is 5.32 Å². The number of benzene rings is 2. The van der Waals surface area contributed by atoms with Gasteiger partial charge in [0.05, 0.1) is 11.5 Å². The van der Waals surface area contributed by atoms with Crippen LogP contribution in [-0.2, 0) is 11.0 Å². The zero-order valence-corrected chi connectivity index (χ0v) is 15.0. The lowest BCUT2D eigenvalue weighted by Gasteiger charge is -2.32. The van der Waals surface area contributed by atoms with Gasteiger partial charge in [-0.2, -0.15) is 18.3 Å². The molecule has 0 fully saturated rings. The highest BCUT2D eigenvalue weighted by Gasteiger charge is 2.43. The summed E-state index contributed by atoms with van der Waals surface area (Å²) in [4.78, 5) is 12.5. The Kier molecular flexibility index (Phi) is 4.40. The second-order valence-corrected chi connectivity index (χ2v) is 6.79. The van der Waals surface area contributed by atoms with Gasteiger partial charge in [0.1, 0.15) is 17.8 Å².